The highest BCUT2D eigenvalue weighted by molar-refractivity contribution is 5.37. The van der Waals surface area contributed by atoms with Crippen molar-refractivity contribution in [2.45, 2.75) is 31.7 Å². The maximum Gasteiger partial charge on any atom is 0.132 e. The Kier molecular flexibility index (Phi) is 3.88. The molecule has 1 atom stereocenters. The van der Waals surface area contributed by atoms with Crippen molar-refractivity contribution in [3.8, 4) is 11.8 Å². The topological polar surface area (TPSA) is 36.3 Å². The molecule has 0 bridgehead atoms. The number of nitrogens with zero attached hydrogens (tertiary/aromatic N) is 2. The highest BCUT2D eigenvalue weighted by Gasteiger charge is 2.34. The highest BCUT2D eigenvalue weighted by Crippen LogP contribution is 2.32. The molecular formula is C15H20N2O. The largest absolute Gasteiger partial charge is 0.497 e. The Labute approximate surface area is 109 Å². The van der Waals surface area contributed by atoms with E-state index in [2.05, 4.69) is 11.0 Å². The molecule has 1 aliphatic heterocycles. The third kappa shape index (κ3) is 2.34. The SMILES string of the molecule is COc1cccc(C(C)(C#N)N2CCCCC2)c1. The first kappa shape index (κ1) is 12.9. The Hall–Kier alpha value is -1.53. The molecule has 0 radical (unpaired) electrons. The second-order valence-corrected chi connectivity index (χ2v) is 4.96. The average Bonchev–Trinajstić information content (AvgIpc) is 2.47. The van der Waals surface area contributed by atoms with E-state index in [4.69, 9.17) is 4.74 Å². The van der Waals surface area contributed by atoms with Crippen LogP contribution in [0.4, 0.5) is 0 Å². The number of piperidine rings is 1. The molecule has 1 aromatic rings. The third-order valence-corrected chi connectivity index (χ3v) is 3.84. The summed E-state index contributed by atoms with van der Waals surface area (Å²) in [6.45, 7) is 4.01. The molecule has 1 heterocycles. The van der Waals surface area contributed by atoms with Crippen LogP contribution >= 0.6 is 0 Å². The first-order chi connectivity index (χ1) is 8.70. The van der Waals surface area contributed by atoms with Crippen LogP contribution in [-0.4, -0.2) is 25.1 Å². The van der Waals surface area contributed by atoms with Gasteiger partial charge in [0.25, 0.3) is 0 Å². The summed E-state index contributed by atoms with van der Waals surface area (Å²) in [5, 5.41) is 9.62. The molecule has 1 unspecified atom stereocenters. The molecule has 18 heavy (non-hydrogen) atoms. The van der Waals surface area contributed by atoms with Gasteiger partial charge in [-0.05, 0) is 50.6 Å². The van der Waals surface area contributed by atoms with Gasteiger partial charge in [-0.3, -0.25) is 4.90 Å². The molecule has 0 N–H and O–H groups in total. The molecule has 3 heteroatoms. The van der Waals surface area contributed by atoms with Gasteiger partial charge in [-0.1, -0.05) is 18.6 Å². The summed E-state index contributed by atoms with van der Waals surface area (Å²) >= 11 is 0. The summed E-state index contributed by atoms with van der Waals surface area (Å²) in [5.74, 6) is 0.811. The van der Waals surface area contributed by atoms with Crippen LogP contribution in [0.1, 0.15) is 31.7 Å². The lowest BCUT2D eigenvalue weighted by Crippen LogP contribution is -2.45. The van der Waals surface area contributed by atoms with Crippen molar-refractivity contribution in [1.82, 2.24) is 4.90 Å². The zero-order valence-electron chi connectivity index (χ0n) is 11.1. The monoisotopic (exact) mass is 244 g/mol. The van der Waals surface area contributed by atoms with Crippen molar-refractivity contribution in [3.63, 3.8) is 0 Å². The molecule has 0 aromatic heterocycles. The Balaban J connectivity index is 2.33. The van der Waals surface area contributed by atoms with E-state index >= 15 is 0 Å². The normalized spacial score (nSPS) is 19.8. The molecular weight excluding hydrogens is 224 g/mol. The molecule has 0 saturated carbocycles. The number of ether oxygens (including phenoxy) is 1. The van der Waals surface area contributed by atoms with Crippen molar-refractivity contribution in [2.75, 3.05) is 20.2 Å². The van der Waals surface area contributed by atoms with Crippen LogP contribution in [-0.2, 0) is 5.54 Å². The minimum atomic E-state index is -0.547. The summed E-state index contributed by atoms with van der Waals surface area (Å²) in [6.07, 6.45) is 3.64. The van der Waals surface area contributed by atoms with E-state index in [0.29, 0.717) is 0 Å². The van der Waals surface area contributed by atoms with Crippen LogP contribution in [0.5, 0.6) is 5.75 Å². The van der Waals surface area contributed by atoms with Crippen LogP contribution in [0.15, 0.2) is 24.3 Å². The predicted octanol–water partition coefficient (Wildman–Crippen LogP) is 2.92. The van der Waals surface area contributed by atoms with E-state index in [-0.39, 0.29) is 0 Å². The lowest BCUT2D eigenvalue weighted by atomic mass is 9.89. The van der Waals surface area contributed by atoms with Gasteiger partial charge in [-0.2, -0.15) is 5.26 Å². The van der Waals surface area contributed by atoms with E-state index in [1.165, 1.54) is 19.3 Å². The number of hydrogen-bond acceptors (Lipinski definition) is 3. The minimum absolute atomic E-state index is 0.547. The van der Waals surface area contributed by atoms with E-state index in [1.807, 2.05) is 31.2 Å². The van der Waals surface area contributed by atoms with Gasteiger partial charge in [0.15, 0.2) is 0 Å². The number of hydrogen-bond donors (Lipinski definition) is 0. The van der Waals surface area contributed by atoms with Gasteiger partial charge in [0.1, 0.15) is 11.3 Å². The van der Waals surface area contributed by atoms with Crippen LogP contribution in [0, 0.1) is 11.3 Å². The van der Waals surface area contributed by atoms with Crippen molar-refractivity contribution in [1.29, 1.82) is 5.26 Å². The van der Waals surface area contributed by atoms with Gasteiger partial charge in [0, 0.05) is 0 Å². The van der Waals surface area contributed by atoms with Gasteiger partial charge >= 0.3 is 0 Å². The molecule has 0 spiro atoms. The first-order valence-corrected chi connectivity index (χ1v) is 6.51. The number of nitriles is 1. The quantitative estimate of drug-likeness (QED) is 0.820. The van der Waals surface area contributed by atoms with Crippen LogP contribution < -0.4 is 4.74 Å². The lowest BCUT2D eigenvalue weighted by molar-refractivity contribution is 0.123. The van der Waals surface area contributed by atoms with E-state index < -0.39 is 5.54 Å². The van der Waals surface area contributed by atoms with Crippen molar-refractivity contribution >= 4 is 0 Å². The van der Waals surface area contributed by atoms with Gasteiger partial charge in [0.2, 0.25) is 0 Å². The van der Waals surface area contributed by atoms with E-state index in [0.717, 1.165) is 24.4 Å². The predicted molar refractivity (Wildman–Crippen MR) is 71.4 cm³/mol. The maximum atomic E-state index is 9.62. The number of methoxy groups -OCH3 is 1. The van der Waals surface area contributed by atoms with Crippen LogP contribution in [0.25, 0.3) is 0 Å². The third-order valence-electron chi connectivity index (χ3n) is 3.84. The summed E-state index contributed by atoms with van der Waals surface area (Å²) < 4.78 is 5.25. The fraction of sp³-hybridized carbons (Fsp3) is 0.533. The van der Waals surface area contributed by atoms with Crippen LogP contribution in [0.3, 0.4) is 0 Å². The molecule has 2 rings (SSSR count). The smallest absolute Gasteiger partial charge is 0.132 e. The zero-order chi connectivity index (χ0) is 13.0. The average molecular weight is 244 g/mol. The Morgan fingerprint density at radius 1 is 1.28 bits per heavy atom. The molecule has 3 nitrogen and oxygen atoms in total. The Morgan fingerprint density at radius 2 is 2.00 bits per heavy atom. The van der Waals surface area contributed by atoms with E-state index in [1.54, 1.807) is 7.11 Å². The summed E-state index contributed by atoms with van der Waals surface area (Å²) in [5.41, 5.74) is 0.473. The maximum absolute atomic E-state index is 9.62. The molecule has 0 aliphatic carbocycles. The van der Waals surface area contributed by atoms with Crippen molar-refractivity contribution in [2.24, 2.45) is 0 Å². The molecule has 1 saturated heterocycles. The minimum Gasteiger partial charge on any atom is -0.497 e. The fourth-order valence-electron chi connectivity index (χ4n) is 2.58. The van der Waals surface area contributed by atoms with Gasteiger partial charge < -0.3 is 4.74 Å². The Bertz CT molecular complexity index is 446. The number of benzene rings is 1. The van der Waals surface area contributed by atoms with Crippen molar-refractivity contribution in [3.05, 3.63) is 29.8 Å². The van der Waals surface area contributed by atoms with E-state index in [9.17, 15) is 5.26 Å². The highest BCUT2D eigenvalue weighted by atomic mass is 16.5. The van der Waals surface area contributed by atoms with Gasteiger partial charge in [-0.25, -0.2) is 0 Å². The summed E-state index contributed by atoms with van der Waals surface area (Å²) in [6, 6.07) is 10.3. The summed E-state index contributed by atoms with van der Waals surface area (Å²) in [4.78, 5) is 2.28. The molecule has 1 aromatic carbocycles. The second-order valence-electron chi connectivity index (χ2n) is 4.96. The fourth-order valence-corrected chi connectivity index (χ4v) is 2.58. The summed E-state index contributed by atoms with van der Waals surface area (Å²) in [7, 11) is 1.66. The van der Waals surface area contributed by atoms with Crippen LogP contribution in [0.2, 0.25) is 0 Å². The number of likely N-dealkylation sites (tertiary alicyclic amines) is 1. The van der Waals surface area contributed by atoms with Gasteiger partial charge in [-0.15, -0.1) is 0 Å². The molecule has 1 fully saturated rings. The molecule has 96 valence electrons. The zero-order valence-corrected chi connectivity index (χ0v) is 11.1. The Morgan fingerprint density at radius 3 is 2.61 bits per heavy atom. The lowest BCUT2D eigenvalue weighted by Gasteiger charge is -2.38. The standard InChI is InChI=1S/C15H20N2O/c1-15(12-16,17-9-4-3-5-10-17)13-7-6-8-14(11-13)18-2/h6-8,11H,3-5,9-10H2,1-2H3. The van der Waals surface area contributed by atoms with Gasteiger partial charge in [0.05, 0.1) is 13.2 Å². The molecule has 1 aliphatic rings. The van der Waals surface area contributed by atoms with Crippen molar-refractivity contribution < 1.29 is 4.74 Å². The first-order valence-electron chi connectivity index (χ1n) is 6.51. The molecule has 0 amide bonds. The second kappa shape index (κ2) is 5.41. The number of rotatable bonds is 3.